The fraction of sp³-hybridized carbons (Fsp3) is 0.318. The van der Waals surface area contributed by atoms with Crippen LogP contribution in [0.3, 0.4) is 0 Å². The van der Waals surface area contributed by atoms with Crippen molar-refractivity contribution in [2.45, 2.75) is 12.5 Å². The fourth-order valence-electron chi connectivity index (χ4n) is 3.63. The van der Waals surface area contributed by atoms with Gasteiger partial charge in [0.2, 0.25) is 0 Å². The van der Waals surface area contributed by atoms with Crippen LogP contribution in [0.15, 0.2) is 63.8 Å². The summed E-state index contributed by atoms with van der Waals surface area (Å²) in [5.41, 5.74) is 1.86. The van der Waals surface area contributed by atoms with E-state index in [1.807, 2.05) is 47.5 Å². The molecule has 4 heterocycles. The number of hydrogen-bond acceptors (Lipinski definition) is 6. The van der Waals surface area contributed by atoms with Crippen molar-refractivity contribution in [2.75, 3.05) is 26.8 Å². The van der Waals surface area contributed by atoms with Gasteiger partial charge in [-0.25, -0.2) is 5.01 Å². The molecule has 0 aliphatic carbocycles. The minimum Gasteiger partial charge on any atom is -0.459 e. The van der Waals surface area contributed by atoms with E-state index in [2.05, 4.69) is 5.10 Å². The van der Waals surface area contributed by atoms with Crippen molar-refractivity contribution < 1.29 is 18.7 Å². The summed E-state index contributed by atoms with van der Waals surface area (Å²) < 4.78 is 12.4. The van der Waals surface area contributed by atoms with Gasteiger partial charge in [0.15, 0.2) is 5.76 Å². The van der Waals surface area contributed by atoms with E-state index in [9.17, 15) is 9.59 Å². The number of hydrogen-bond donors (Lipinski definition) is 0. The Labute approximate surface area is 184 Å². The van der Waals surface area contributed by atoms with Crippen molar-refractivity contribution >= 4 is 28.9 Å². The Balaban J connectivity index is 1.59. The Morgan fingerprint density at radius 3 is 2.81 bits per heavy atom. The van der Waals surface area contributed by atoms with Crippen LogP contribution in [0.5, 0.6) is 0 Å². The number of aryl methyl sites for hydroxylation is 1. The zero-order valence-electron chi connectivity index (χ0n) is 17.4. The van der Waals surface area contributed by atoms with Crippen LogP contribution in [-0.4, -0.2) is 58.8 Å². The highest BCUT2D eigenvalue weighted by Crippen LogP contribution is 2.34. The van der Waals surface area contributed by atoms with E-state index in [1.165, 1.54) is 16.2 Å². The molecule has 1 atom stereocenters. The van der Waals surface area contributed by atoms with Crippen LogP contribution in [0.25, 0.3) is 0 Å². The number of nitrogens with zero attached hydrogens (tertiary/aromatic N) is 4. The molecule has 0 fully saturated rings. The topological polar surface area (TPSA) is 80.3 Å². The van der Waals surface area contributed by atoms with Crippen LogP contribution in [0, 0.1) is 0 Å². The predicted octanol–water partition coefficient (Wildman–Crippen LogP) is 3.15. The molecule has 4 rings (SSSR count). The average Bonchev–Trinajstić information content (AvgIpc) is 3.55. The van der Waals surface area contributed by atoms with Crippen molar-refractivity contribution in [1.29, 1.82) is 0 Å². The maximum absolute atomic E-state index is 13.4. The summed E-state index contributed by atoms with van der Waals surface area (Å²) in [5, 5.41) is 8.18. The number of furan rings is 1. The summed E-state index contributed by atoms with van der Waals surface area (Å²) in [4.78, 5) is 28.7. The molecule has 0 spiro atoms. The Morgan fingerprint density at radius 2 is 2.16 bits per heavy atom. The predicted molar refractivity (Wildman–Crippen MR) is 117 cm³/mol. The number of rotatable bonds is 8. The van der Waals surface area contributed by atoms with Crippen LogP contribution in [-0.2, 0) is 16.6 Å². The quantitative estimate of drug-likeness (QED) is 0.539. The Kier molecular flexibility index (Phi) is 6.34. The summed E-state index contributed by atoms with van der Waals surface area (Å²) in [5.74, 6) is -0.423. The van der Waals surface area contributed by atoms with Gasteiger partial charge in [0, 0.05) is 39.0 Å². The summed E-state index contributed by atoms with van der Waals surface area (Å²) in [7, 11) is 3.51. The molecule has 0 unspecified atom stereocenters. The van der Waals surface area contributed by atoms with E-state index < -0.39 is 0 Å². The van der Waals surface area contributed by atoms with Gasteiger partial charge < -0.3 is 18.6 Å². The number of amides is 2. The third kappa shape index (κ3) is 4.47. The lowest BCUT2D eigenvalue weighted by molar-refractivity contribution is -0.134. The molecule has 0 saturated heterocycles. The minimum atomic E-state index is -0.354. The lowest BCUT2D eigenvalue weighted by Gasteiger charge is -2.26. The van der Waals surface area contributed by atoms with E-state index in [4.69, 9.17) is 9.15 Å². The molecule has 0 radical (unpaired) electrons. The molecular formula is C22H24N4O4S. The second-order valence-electron chi connectivity index (χ2n) is 7.22. The van der Waals surface area contributed by atoms with Gasteiger partial charge in [-0.15, -0.1) is 11.3 Å². The summed E-state index contributed by atoms with van der Waals surface area (Å²) in [6.07, 6.45) is 4.01. The van der Waals surface area contributed by atoms with Crippen LogP contribution >= 0.6 is 11.3 Å². The normalized spacial score (nSPS) is 15.9. The molecule has 31 heavy (non-hydrogen) atoms. The molecular weight excluding hydrogens is 416 g/mol. The third-order valence-corrected chi connectivity index (χ3v) is 6.13. The average molecular weight is 441 g/mol. The fourth-order valence-corrected chi connectivity index (χ4v) is 4.35. The number of carbonyl (C=O) groups excluding carboxylic acids is 2. The van der Waals surface area contributed by atoms with Gasteiger partial charge in [-0.1, -0.05) is 6.07 Å². The van der Waals surface area contributed by atoms with E-state index >= 15 is 0 Å². The highest BCUT2D eigenvalue weighted by Gasteiger charge is 2.36. The second-order valence-corrected chi connectivity index (χ2v) is 8.17. The first-order valence-corrected chi connectivity index (χ1v) is 10.8. The maximum Gasteiger partial charge on any atom is 0.290 e. The molecule has 0 N–H and O–H groups in total. The number of methoxy groups -OCH3 is 1. The van der Waals surface area contributed by atoms with Crippen LogP contribution in [0.2, 0.25) is 0 Å². The largest absolute Gasteiger partial charge is 0.459 e. The summed E-state index contributed by atoms with van der Waals surface area (Å²) >= 11 is 1.60. The molecule has 3 aromatic rings. The smallest absolute Gasteiger partial charge is 0.290 e. The minimum absolute atomic E-state index is 0.120. The number of thiophene rings is 1. The third-order valence-electron chi connectivity index (χ3n) is 5.21. The number of hydrazone groups is 1. The van der Waals surface area contributed by atoms with Crippen molar-refractivity contribution in [3.8, 4) is 0 Å². The maximum atomic E-state index is 13.4. The number of ether oxygens (including phenoxy) is 1. The van der Waals surface area contributed by atoms with E-state index in [0.717, 1.165) is 16.3 Å². The van der Waals surface area contributed by atoms with Crippen molar-refractivity contribution in [1.82, 2.24) is 14.5 Å². The first-order valence-electron chi connectivity index (χ1n) is 9.95. The van der Waals surface area contributed by atoms with E-state index in [0.29, 0.717) is 13.0 Å². The SMILES string of the molecule is COCCN(CC(=O)N1N=C(c2cccs2)C[C@H]1c1cccn1C)C(=O)c1ccco1. The first-order chi connectivity index (χ1) is 15.1. The van der Waals surface area contributed by atoms with Gasteiger partial charge in [-0.3, -0.25) is 9.59 Å². The molecule has 0 saturated carbocycles. The molecule has 1 aliphatic rings. The molecule has 2 amide bonds. The summed E-state index contributed by atoms with van der Waals surface area (Å²) in [6, 6.07) is 10.9. The standard InChI is InChI=1S/C22H24N4O4S/c1-24-9-3-6-17(24)18-14-16(20-8-5-13-31-20)23-26(18)21(27)15-25(10-12-29-2)22(28)19-7-4-11-30-19/h3-9,11,13,18H,10,12,14-15H2,1-2H3/t18-/m0/s1. The van der Waals surface area contributed by atoms with Gasteiger partial charge in [-0.2, -0.15) is 5.10 Å². The van der Waals surface area contributed by atoms with Crippen LogP contribution in [0.4, 0.5) is 0 Å². The molecule has 9 heteroatoms. The monoisotopic (exact) mass is 440 g/mol. The van der Waals surface area contributed by atoms with E-state index in [-0.39, 0.29) is 36.7 Å². The van der Waals surface area contributed by atoms with E-state index in [1.54, 1.807) is 30.6 Å². The molecule has 8 nitrogen and oxygen atoms in total. The molecule has 0 aromatic carbocycles. The van der Waals surface area contributed by atoms with Gasteiger partial charge >= 0.3 is 0 Å². The van der Waals surface area contributed by atoms with Crippen molar-refractivity contribution in [3.05, 3.63) is 70.6 Å². The summed E-state index contributed by atoms with van der Waals surface area (Å²) in [6.45, 7) is 0.460. The van der Waals surface area contributed by atoms with Crippen molar-refractivity contribution in [2.24, 2.45) is 12.1 Å². The Morgan fingerprint density at radius 1 is 1.29 bits per heavy atom. The van der Waals surface area contributed by atoms with Gasteiger partial charge in [0.05, 0.1) is 23.5 Å². The highest BCUT2D eigenvalue weighted by atomic mass is 32.1. The second kappa shape index (κ2) is 9.32. The lowest BCUT2D eigenvalue weighted by Crippen LogP contribution is -2.42. The van der Waals surface area contributed by atoms with Crippen LogP contribution in [0.1, 0.15) is 33.6 Å². The lowest BCUT2D eigenvalue weighted by atomic mass is 10.1. The van der Waals surface area contributed by atoms with Crippen molar-refractivity contribution in [3.63, 3.8) is 0 Å². The van der Waals surface area contributed by atoms with Gasteiger partial charge in [0.1, 0.15) is 12.6 Å². The number of aromatic nitrogens is 1. The highest BCUT2D eigenvalue weighted by molar-refractivity contribution is 7.12. The Hall–Kier alpha value is -3.17. The Bertz CT molecular complexity index is 1060. The molecule has 0 bridgehead atoms. The van der Waals surface area contributed by atoms with Gasteiger partial charge in [-0.05, 0) is 35.7 Å². The zero-order valence-corrected chi connectivity index (χ0v) is 18.2. The molecule has 1 aliphatic heterocycles. The first kappa shape index (κ1) is 21.1. The molecule has 162 valence electrons. The number of carbonyl (C=O) groups is 2. The van der Waals surface area contributed by atoms with Crippen LogP contribution < -0.4 is 0 Å². The zero-order chi connectivity index (χ0) is 21.8. The molecule has 3 aromatic heterocycles. The van der Waals surface area contributed by atoms with Gasteiger partial charge in [0.25, 0.3) is 11.8 Å².